The summed E-state index contributed by atoms with van der Waals surface area (Å²) in [5.74, 6) is 3.64. The van der Waals surface area contributed by atoms with Crippen molar-refractivity contribution in [1.82, 2.24) is 0 Å². The third-order valence-corrected chi connectivity index (χ3v) is 5.35. The van der Waals surface area contributed by atoms with E-state index in [1.807, 2.05) is 18.2 Å². The summed E-state index contributed by atoms with van der Waals surface area (Å²) in [5, 5.41) is 0. The highest BCUT2D eigenvalue weighted by molar-refractivity contribution is 5.85. The largest absolute Gasteiger partial charge is 0.482 e. The minimum Gasteiger partial charge on any atom is -0.482 e. The van der Waals surface area contributed by atoms with Crippen LogP contribution in [-0.4, -0.2) is 11.9 Å². The minimum atomic E-state index is -0.212. The van der Waals surface area contributed by atoms with Gasteiger partial charge in [-0.15, -0.1) is 0 Å². The Labute approximate surface area is 114 Å². The number of hydrogen-bond acceptors (Lipinski definition) is 2. The number of fused-ring (bicyclic) bond motifs is 3. The molecule has 4 rings (SSSR count). The van der Waals surface area contributed by atoms with Crippen LogP contribution in [0.5, 0.6) is 5.75 Å². The Morgan fingerprint density at radius 1 is 1.21 bits per heavy atom. The first kappa shape index (κ1) is 11.5. The van der Waals surface area contributed by atoms with Gasteiger partial charge in [-0.3, -0.25) is 4.79 Å². The van der Waals surface area contributed by atoms with Crippen LogP contribution in [0.3, 0.4) is 0 Å². The first-order chi connectivity index (χ1) is 9.29. The molecule has 4 unspecified atom stereocenters. The standard InChI is InChI=1S/C17H20O2/c18-15(9-14-8-11-5-6-12(14)7-11)17-10-13-3-1-2-4-16(13)19-17/h1-4,11-12,14,17H,5-10H2. The van der Waals surface area contributed by atoms with E-state index in [0.717, 1.165) is 30.4 Å². The second-order valence-electron chi connectivity index (χ2n) is 6.52. The Hall–Kier alpha value is -1.31. The van der Waals surface area contributed by atoms with E-state index in [2.05, 4.69) is 6.07 Å². The lowest BCUT2D eigenvalue weighted by molar-refractivity contribution is -0.126. The molecule has 0 saturated heterocycles. The number of para-hydroxylation sites is 1. The van der Waals surface area contributed by atoms with Crippen molar-refractivity contribution < 1.29 is 9.53 Å². The fourth-order valence-corrected chi connectivity index (χ4v) is 4.38. The zero-order chi connectivity index (χ0) is 12.8. The Kier molecular flexibility index (Phi) is 2.64. The summed E-state index contributed by atoms with van der Waals surface area (Å²) in [6, 6.07) is 8.03. The number of carbonyl (C=O) groups is 1. The van der Waals surface area contributed by atoms with Crippen molar-refractivity contribution in [3.8, 4) is 5.75 Å². The maximum Gasteiger partial charge on any atom is 0.173 e. The van der Waals surface area contributed by atoms with Crippen molar-refractivity contribution >= 4 is 5.78 Å². The summed E-state index contributed by atoms with van der Waals surface area (Å²) in [4.78, 5) is 12.4. The van der Waals surface area contributed by atoms with Crippen LogP contribution >= 0.6 is 0 Å². The van der Waals surface area contributed by atoms with E-state index in [0.29, 0.717) is 11.7 Å². The van der Waals surface area contributed by atoms with Gasteiger partial charge in [0.2, 0.25) is 0 Å². The molecule has 0 spiro atoms. The van der Waals surface area contributed by atoms with Gasteiger partial charge < -0.3 is 4.74 Å². The van der Waals surface area contributed by atoms with Gasteiger partial charge in [0.15, 0.2) is 11.9 Å². The maximum absolute atomic E-state index is 12.4. The lowest BCUT2D eigenvalue weighted by Crippen LogP contribution is -2.28. The average Bonchev–Trinajstić information content (AvgIpc) is 3.12. The number of ketones is 1. The maximum atomic E-state index is 12.4. The van der Waals surface area contributed by atoms with Crippen LogP contribution in [-0.2, 0) is 11.2 Å². The number of carbonyl (C=O) groups excluding carboxylic acids is 1. The third-order valence-electron chi connectivity index (χ3n) is 5.35. The molecule has 19 heavy (non-hydrogen) atoms. The van der Waals surface area contributed by atoms with Gasteiger partial charge in [-0.1, -0.05) is 24.6 Å². The van der Waals surface area contributed by atoms with Gasteiger partial charge >= 0.3 is 0 Å². The molecule has 100 valence electrons. The molecule has 0 N–H and O–H groups in total. The van der Waals surface area contributed by atoms with Gasteiger partial charge in [0.1, 0.15) is 5.75 Å². The number of hydrogen-bond donors (Lipinski definition) is 0. The van der Waals surface area contributed by atoms with Crippen LogP contribution in [0.25, 0.3) is 0 Å². The van der Waals surface area contributed by atoms with E-state index in [1.54, 1.807) is 0 Å². The second-order valence-corrected chi connectivity index (χ2v) is 6.52. The van der Waals surface area contributed by atoms with Gasteiger partial charge in [0.25, 0.3) is 0 Å². The fourth-order valence-electron chi connectivity index (χ4n) is 4.38. The van der Waals surface area contributed by atoms with E-state index in [9.17, 15) is 4.79 Å². The molecule has 0 amide bonds. The quantitative estimate of drug-likeness (QED) is 0.828. The van der Waals surface area contributed by atoms with E-state index in [-0.39, 0.29) is 6.10 Å². The Morgan fingerprint density at radius 3 is 2.84 bits per heavy atom. The lowest BCUT2D eigenvalue weighted by atomic mass is 9.84. The second kappa shape index (κ2) is 4.36. The van der Waals surface area contributed by atoms with Gasteiger partial charge in [-0.25, -0.2) is 0 Å². The lowest BCUT2D eigenvalue weighted by Gasteiger charge is -2.22. The van der Waals surface area contributed by atoms with Crippen molar-refractivity contribution in [2.24, 2.45) is 17.8 Å². The molecule has 2 nitrogen and oxygen atoms in total. The molecule has 4 atom stereocenters. The highest BCUT2D eigenvalue weighted by Gasteiger charge is 2.41. The number of Topliss-reactive ketones (excluding diaryl/α,β-unsaturated/α-hetero) is 1. The smallest absolute Gasteiger partial charge is 0.173 e. The van der Waals surface area contributed by atoms with Crippen LogP contribution < -0.4 is 4.74 Å². The number of rotatable bonds is 3. The van der Waals surface area contributed by atoms with Crippen LogP contribution in [0.1, 0.15) is 37.7 Å². The molecular weight excluding hydrogens is 236 g/mol. The normalized spacial score (nSPS) is 35.2. The van der Waals surface area contributed by atoms with Crippen LogP contribution in [0, 0.1) is 17.8 Å². The molecule has 2 heteroatoms. The highest BCUT2D eigenvalue weighted by Crippen LogP contribution is 2.49. The topological polar surface area (TPSA) is 26.3 Å². The summed E-state index contributed by atoms with van der Waals surface area (Å²) in [5.41, 5.74) is 1.19. The number of ether oxygens (including phenoxy) is 1. The van der Waals surface area contributed by atoms with E-state index < -0.39 is 0 Å². The van der Waals surface area contributed by atoms with Crippen molar-refractivity contribution in [2.45, 2.75) is 44.6 Å². The minimum absolute atomic E-state index is 0.212. The van der Waals surface area contributed by atoms with Crippen LogP contribution in [0.2, 0.25) is 0 Å². The zero-order valence-electron chi connectivity index (χ0n) is 11.2. The SMILES string of the molecule is O=C(CC1CC2CCC1C2)C1Cc2ccccc2O1. The fraction of sp³-hybridized carbons (Fsp3) is 0.588. The first-order valence-corrected chi connectivity index (χ1v) is 7.57. The van der Waals surface area contributed by atoms with Crippen LogP contribution in [0.15, 0.2) is 24.3 Å². The summed E-state index contributed by atoms with van der Waals surface area (Å²) in [6.45, 7) is 0. The molecule has 2 fully saturated rings. The molecule has 2 aliphatic carbocycles. The molecule has 1 aromatic rings. The Balaban J connectivity index is 1.40. The molecule has 0 radical (unpaired) electrons. The first-order valence-electron chi connectivity index (χ1n) is 7.57. The van der Waals surface area contributed by atoms with E-state index in [1.165, 1.54) is 31.2 Å². The molecule has 2 bridgehead atoms. The summed E-state index contributed by atoms with van der Waals surface area (Å²) >= 11 is 0. The molecule has 0 aromatic heterocycles. The van der Waals surface area contributed by atoms with Crippen LogP contribution in [0.4, 0.5) is 0 Å². The molecule has 1 aliphatic heterocycles. The van der Waals surface area contributed by atoms with E-state index >= 15 is 0 Å². The molecular formula is C17H20O2. The summed E-state index contributed by atoms with van der Waals surface area (Å²) in [7, 11) is 0. The molecule has 2 saturated carbocycles. The summed E-state index contributed by atoms with van der Waals surface area (Å²) < 4.78 is 5.81. The predicted octanol–water partition coefficient (Wildman–Crippen LogP) is 3.39. The van der Waals surface area contributed by atoms with Gasteiger partial charge in [-0.2, -0.15) is 0 Å². The van der Waals surface area contributed by atoms with Crippen molar-refractivity contribution in [1.29, 1.82) is 0 Å². The van der Waals surface area contributed by atoms with Gasteiger partial charge in [0, 0.05) is 12.8 Å². The molecule has 1 heterocycles. The zero-order valence-corrected chi connectivity index (χ0v) is 11.2. The van der Waals surface area contributed by atoms with E-state index in [4.69, 9.17) is 4.74 Å². The monoisotopic (exact) mass is 256 g/mol. The third kappa shape index (κ3) is 1.98. The highest BCUT2D eigenvalue weighted by atomic mass is 16.5. The van der Waals surface area contributed by atoms with Gasteiger partial charge in [0.05, 0.1) is 0 Å². The predicted molar refractivity (Wildman–Crippen MR) is 73.1 cm³/mol. The Bertz CT molecular complexity index is 483. The van der Waals surface area contributed by atoms with Crippen molar-refractivity contribution in [3.05, 3.63) is 29.8 Å². The molecule has 3 aliphatic rings. The average molecular weight is 256 g/mol. The summed E-state index contributed by atoms with van der Waals surface area (Å²) in [6.07, 6.45) is 6.74. The van der Waals surface area contributed by atoms with Crippen molar-refractivity contribution in [2.75, 3.05) is 0 Å². The Morgan fingerprint density at radius 2 is 2.11 bits per heavy atom. The molecule has 1 aromatic carbocycles. The van der Waals surface area contributed by atoms with Crippen molar-refractivity contribution in [3.63, 3.8) is 0 Å². The van der Waals surface area contributed by atoms with Gasteiger partial charge in [-0.05, 0) is 48.6 Å². The number of benzene rings is 1.